The van der Waals surface area contributed by atoms with E-state index in [4.69, 9.17) is 27.9 Å². The molecule has 0 bridgehead atoms. The smallest absolute Gasteiger partial charge is 0.119 e. The topological polar surface area (TPSA) is 12.5 Å². The Bertz CT molecular complexity index is 394. The third kappa shape index (κ3) is 12.8. The highest BCUT2D eigenvalue weighted by atomic mass is 35.5. The maximum atomic E-state index is 5.83. The highest BCUT2D eigenvalue weighted by molar-refractivity contribution is 6.18. The monoisotopic (exact) mass is 409 g/mol. The first-order valence-electron chi connectivity index (χ1n) is 9.36. The normalized spacial score (nSPS) is 10.7. The quantitative estimate of drug-likeness (QED) is 0.253. The predicted octanol–water partition coefficient (Wildman–Crippen LogP) is 6.17. The summed E-state index contributed by atoms with van der Waals surface area (Å²) in [5, 5.41) is 0. The van der Waals surface area contributed by atoms with E-state index in [0.29, 0.717) is 18.4 Å². The van der Waals surface area contributed by atoms with E-state index in [1.807, 2.05) is 0 Å². The summed E-state index contributed by atoms with van der Waals surface area (Å²) in [6, 6.07) is 8.55. The van der Waals surface area contributed by atoms with Gasteiger partial charge in [-0.1, -0.05) is 51.2 Å². The molecule has 0 aromatic heterocycles. The van der Waals surface area contributed by atoms with Crippen molar-refractivity contribution in [3.63, 3.8) is 0 Å². The molecule has 0 spiro atoms. The highest BCUT2D eigenvalue weighted by Gasteiger charge is 2.04. The van der Waals surface area contributed by atoms with Crippen LogP contribution in [-0.2, 0) is 6.42 Å². The number of unbranched alkanes of at least 4 members (excludes halogenated alkanes) is 5. The second-order valence-corrected chi connectivity index (χ2v) is 6.99. The van der Waals surface area contributed by atoms with Crippen LogP contribution in [0.1, 0.15) is 51.0 Å². The van der Waals surface area contributed by atoms with E-state index in [2.05, 4.69) is 36.1 Å². The van der Waals surface area contributed by atoms with Gasteiger partial charge in [0.25, 0.3) is 0 Å². The lowest BCUT2D eigenvalue weighted by Crippen LogP contribution is -2.32. The average molecular weight is 411 g/mol. The van der Waals surface area contributed by atoms with Gasteiger partial charge in [-0.2, -0.15) is 0 Å². The van der Waals surface area contributed by atoms with Gasteiger partial charge in [-0.3, -0.25) is 4.90 Å². The fraction of sp³-hybridized carbons (Fsp3) is 0.700. The Morgan fingerprint density at radius 1 is 0.840 bits per heavy atom. The van der Waals surface area contributed by atoms with E-state index >= 15 is 0 Å². The van der Waals surface area contributed by atoms with Crippen LogP contribution in [0.3, 0.4) is 0 Å². The van der Waals surface area contributed by atoms with Crippen molar-refractivity contribution in [2.75, 3.05) is 38.0 Å². The highest BCUT2D eigenvalue weighted by Crippen LogP contribution is 2.15. The summed E-state index contributed by atoms with van der Waals surface area (Å²) in [6.07, 6.45) is 9.25. The van der Waals surface area contributed by atoms with Crippen LogP contribution in [0.25, 0.3) is 0 Å². The molecule has 2 nitrogen and oxygen atoms in total. The number of benzene rings is 1. The molecule has 0 saturated heterocycles. The van der Waals surface area contributed by atoms with Crippen molar-refractivity contribution in [2.45, 2.75) is 51.9 Å². The summed E-state index contributed by atoms with van der Waals surface area (Å²) in [6.45, 7) is 5.50. The van der Waals surface area contributed by atoms with Gasteiger partial charge in [0.2, 0.25) is 0 Å². The Labute approximate surface area is 170 Å². The van der Waals surface area contributed by atoms with Gasteiger partial charge in [0.1, 0.15) is 12.4 Å². The van der Waals surface area contributed by atoms with Crippen LogP contribution in [0.4, 0.5) is 0 Å². The van der Waals surface area contributed by atoms with Gasteiger partial charge in [-0.15, -0.1) is 35.6 Å². The maximum absolute atomic E-state index is 5.83. The minimum atomic E-state index is 0. The van der Waals surface area contributed by atoms with Crippen LogP contribution >= 0.6 is 35.6 Å². The number of hydrogen-bond acceptors (Lipinski definition) is 2. The van der Waals surface area contributed by atoms with Crippen molar-refractivity contribution in [3.8, 4) is 5.75 Å². The maximum Gasteiger partial charge on any atom is 0.119 e. The Morgan fingerprint density at radius 3 is 2.04 bits per heavy atom. The van der Waals surface area contributed by atoms with Crippen molar-refractivity contribution in [2.24, 2.45) is 0 Å². The summed E-state index contributed by atoms with van der Waals surface area (Å²) in [5.41, 5.74) is 1.41. The lowest BCUT2D eigenvalue weighted by atomic mass is 10.0. The van der Waals surface area contributed by atoms with Crippen LogP contribution < -0.4 is 4.74 Å². The zero-order chi connectivity index (χ0) is 17.5. The first kappa shape index (κ1) is 24.8. The van der Waals surface area contributed by atoms with Crippen LogP contribution in [0.2, 0.25) is 0 Å². The molecule has 0 amide bonds. The Hall–Kier alpha value is -0.150. The van der Waals surface area contributed by atoms with Crippen molar-refractivity contribution in [1.82, 2.24) is 4.90 Å². The van der Waals surface area contributed by atoms with Crippen LogP contribution in [0.15, 0.2) is 24.3 Å². The van der Waals surface area contributed by atoms with Gasteiger partial charge < -0.3 is 4.74 Å². The average Bonchev–Trinajstić information content (AvgIpc) is 2.59. The third-order valence-electron chi connectivity index (χ3n) is 4.22. The van der Waals surface area contributed by atoms with Crippen molar-refractivity contribution in [3.05, 3.63) is 29.8 Å². The molecule has 0 fully saturated rings. The minimum Gasteiger partial charge on any atom is -0.492 e. The molecule has 0 radical (unpaired) electrons. The van der Waals surface area contributed by atoms with Gasteiger partial charge in [-0.05, 0) is 30.5 Å². The van der Waals surface area contributed by atoms with Gasteiger partial charge in [0, 0.05) is 31.4 Å². The van der Waals surface area contributed by atoms with E-state index in [1.54, 1.807) is 0 Å². The number of aryl methyl sites for hydroxylation is 1. The second kappa shape index (κ2) is 17.3. The SMILES string of the molecule is CCCCCCCCc1ccc(OCCN(CCCl)CCCl)cc1.Cl. The van der Waals surface area contributed by atoms with Crippen LogP contribution in [0.5, 0.6) is 5.75 Å². The number of alkyl halides is 2. The summed E-state index contributed by atoms with van der Waals surface area (Å²) < 4.78 is 5.83. The van der Waals surface area contributed by atoms with Gasteiger partial charge in [0.15, 0.2) is 0 Å². The van der Waals surface area contributed by atoms with E-state index in [0.717, 1.165) is 25.4 Å². The molecule has 0 aliphatic heterocycles. The standard InChI is InChI=1S/C20H33Cl2NO.ClH/c1-2-3-4-5-6-7-8-19-9-11-20(12-10-19)24-18-17-23(15-13-21)16-14-22;/h9-12H,2-8,13-18H2,1H3;1H. The molecule has 0 unspecified atom stereocenters. The molecule has 0 N–H and O–H groups in total. The van der Waals surface area contributed by atoms with Gasteiger partial charge in [0.05, 0.1) is 0 Å². The Balaban J connectivity index is 0.00000576. The molecule has 0 aliphatic rings. The van der Waals surface area contributed by atoms with E-state index in [9.17, 15) is 0 Å². The molecule has 5 heteroatoms. The molecule has 0 heterocycles. The molecule has 1 aromatic carbocycles. The molecule has 146 valence electrons. The lowest BCUT2D eigenvalue weighted by Gasteiger charge is -2.20. The molecule has 0 aliphatic carbocycles. The molecule has 1 aromatic rings. The fourth-order valence-corrected chi connectivity index (χ4v) is 3.21. The first-order chi connectivity index (χ1) is 11.8. The Kier molecular flexibility index (Phi) is 17.2. The molecular weight excluding hydrogens is 377 g/mol. The predicted molar refractivity (Wildman–Crippen MR) is 114 cm³/mol. The fourth-order valence-electron chi connectivity index (χ4n) is 2.73. The van der Waals surface area contributed by atoms with Crippen LogP contribution in [0, 0.1) is 0 Å². The molecular formula is C20H34Cl3NO. The van der Waals surface area contributed by atoms with Gasteiger partial charge in [-0.25, -0.2) is 0 Å². The Morgan fingerprint density at radius 2 is 1.44 bits per heavy atom. The van der Waals surface area contributed by atoms with E-state index in [1.165, 1.54) is 50.5 Å². The number of ether oxygens (including phenoxy) is 1. The number of hydrogen-bond donors (Lipinski definition) is 0. The summed E-state index contributed by atoms with van der Waals surface area (Å²) in [5.74, 6) is 2.20. The van der Waals surface area contributed by atoms with E-state index < -0.39 is 0 Å². The minimum absolute atomic E-state index is 0. The molecule has 0 saturated carbocycles. The lowest BCUT2D eigenvalue weighted by molar-refractivity contribution is 0.224. The zero-order valence-corrected chi connectivity index (χ0v) is 17.8. The number of nitrogens with zero attached hydrogens (tertiary/aromatic N) is 1. The summed E-state index contributed by atoms with van der Waals surface area (Å²) in [7, 11) is 0. The number of halogens is 3. The number of rotatable bonds is 15. The largest absolute Gasteiger partial charge is 0.492 e. The molecule has 0 atom stereocenters. The molecule has 25 heavy (non-hydrogen) atoms. The van der Waals surface area contributed by atoms with Gasteiger partial charge >= 0.3 is 0 Å². The third-order valence-corrected chi connectivity index (χ3v) is 4.56. The van der Waals surface area contributed by atoms with Crippen molar-refractivity contribution >= 4 is 35.6 Å². The summed E-state index contributed by atoms with van der Waals surface area (Å²) >= 11 is 11.6. The van der Waals surface area contributed by atoms with Crippen LogP contribution in [-0.4, -0.2) is 42.9 Å². The van der Waals surface area contributed by atoms with E-state index in [-0.39, 0.29) is 12.4 Å². The second-order valence-electron chi connectivity index (χ2n) is 6.23. The van der Waals surface area contributed by atoms with Crippen molar-refractivity contribution in [1.29, 1.82) is 0 Å². The first-order valence-corrected chi connectivity index (χ1v) is 10.4. The molecule has 1 rings (SSSR count). The van der Waals surface area contributed by atoms with Crippen molar-refractivity contribution < 1.29 is 4.74 Å². The summed E-state index contributed by atoms with van der Waals surface area (Å²) in [4.78, 5) is 2.23. The zero-order valence-electron chi connectivity index (χ0n) is 15.5.